The molecule has 30 heavy (non-hydrogen) atoms. The van der Waals surface area contributed by atoms with Gasteiger partial charge in [0.2, 0.25) is 0 Å². The van der Waals surface area contributed by atoms with Crippen molar-refractivity contribution in [1.29, 1.82) is 0 Å². The van der Waals surface area contributed by atoms with Crippen LogP contribution in [0.25, 0.3) is 0 Å². The molecule has 1 fully saturated rings. The fourth-order valence-electron chi connectivity index (χ4n) is 3.58. The Kier molecular flexibility index (Phi) is 5.74. The minimum Gasteiger partial charge on any atom is -0.452 e. The summed E-state index contributed by atoms with van der Waals surface area (Å²) in [6, 6.07) is 13.1. The van der Waals surface area contributed by atoms with E-state index >= 15 is 0 Å². The highest BCUT2D eigenvalue weighted by Gasteiger charge is 2.31. The van der Waals surface area contributed by atoms with Crippen molar-refractivity contribution in [3.05, 3.63) is 59.7 Å². The number of morpholine rings is 1. The predicted octanol–water partition coefficient (Wildman–Crippen LogP) is 1.45. The zero-order valence-electron chi connectivity index (χ0n) is 16.3. The first kappa shape index (κ1) is 20.4. The Labute approximate surface area is 175 Å². The predicted molar refractivity (Wildman–Crippen MR) is 109 cm³/mol. The number of carbonyl (C=O) groups excluding carboxylic acids is 2. The molecule has 0 radical (unpaired) electrons. The highest BCUT2D eigenvalue weighted by Crippen LogP contribution is 2.32. The van der Waals surface area contributed by atoms with Crippen molar-refractivity contribution in [3.63, 3.8) is 0 Å². The van der Waals surface area contributed by atoms with Crippen molar-refractivity contribution in [2.24, 2.45) is 0 Å². The van der Waals surface area contributed by atoms with E-state index in [9.17, 15) is 18.0 Å². The third-order valence-corrected chi connectivity index (χ3v) is 7.00. The molecule has 8 nitrogen and oxygen atoms in total. The van der Waals surface area contributed by atoms with Gasteiger partial charge in [0, 0.05) is 19.6 Å². The van der Waals surface area contributed by atoms with Crippen molar-refractivity contribution < 1.29 is 27.5 Å². The van der Waals surface area contributed by atoms with Crippen molar-refractivity contribution in [1.82, 2.24) is 4.90 Å². The van der Waals surface area contributed by atoms with Gasteiger partial charge in [-0.25, -0.2) is 13.2 Å². The van der Waals surface area contributed by atoms with E-state index in [1.165, 1.54) is 28.6 Å². The highest BCUT2D eigenvalue weighted by atomic mass is 32.2. The van der Waals surface area contributed by atoms with Gasteiger partial charge in [-0.2, -0.15) is 0 Å². The monoisotopic (exact) mass is 430 g/mol. The summed E-state index contributed by atoms with van der Waals surface area (Å²) >= 11 is 0. The van der Waals surface area contributed by atoms with Crippen LogP contribution in [0, 0.1) is 0 Å². The Morgan fingerprint density at radius 3 is 2.57 bits per heavy atom. The smallest absolute Gasteiger partial charge is 0.338 e. The van der Waals surface area contributed by atoms with Gasteiger partial charge in [-0.3, -0.25) is 9.10 Å². The summed E-state index contributed by atoms with van der Waals surface area (Å²) in [7, 11) is -3.82. The minimum absolute atomic E-state index is 0.00755. The van der Waals surface area contributed by atoms with E-state index in [1.54, 1.807) is 17.0 Å². The average molecular weight is 430 g/mol. The molecule has 2 aromatic carbocycles. The van der Waals surface area contributed by atoms with E-state index in [0.717, 1.165) is 5.56 Å². The van der Waals surface area contributed by atoms with Crippen LogP contribution in [0.15, 0.2) is 53.4 Å². The lowest BCUT2D eigenvalue weighted by Gasteiger charge is -2.26. The molecular formula is C21H22N2O6S. The van der Waals surface area contributed by atoms with Gasteiger partial charge in [0.1, 0.15) is 0 Å². The summed E-state index contributed by atoms with van der Waals surface area (Å²) in [5.74, 6) is -1.04. The third kappa shape index (κ3) is 4.03. The summed E-state index contributed by atoms with van der Waals surface area (Å²) < 4.78 is 38.0. The second-order valence-electron chi connectivity index (χ2n) is 7.05. The number of hydrogen-bond acceptors (Lipinski definition) is 6. The number of ether oxygens (including phenoxy) is 2. The summed E-state index contributed by atoms with van der Waals surface area (Å²) in [5, 5.41) is 0. The molecule has 0 N–H and O–H groups in total. The van der Waals surface area contributed by atoms with Crippen LogP contribution in [-0.2, 0) is 30.7 Å². The van der Waals surface area contributed by atoms with E-state index in [4.69, 9.17) is 9.47 Å². The van der Waals surface area contributed by atoms with Crippen LogP contribution >= 0.6 is 0 Å². The number of anilines is 1. The Balaban J connectivity index is 1.47. The highest BCUT2D eigenvalue weighted by molar-refractivity contribution is 7.92. The summed E-state index contributed by atoms with van der Waals surface area (Å²) in [6.07, 6.45) is 0.640. The average Bonchev–Trinajstić information content (AvgIpc) is 3.23. The fraction of sp³-hybridized carbons (Fsp3) is 0.333. The van der Waals surface area contributed by atoms with Crippen molar-refractivity contribution in [2.45, 2.75) is 11.3 Å². The Morgan fingerprint density at radius 2 is 1.77 bits per heavy atom. The van der Waals surface area contributed by atoms with Crippen LogP contribution in [0.5, 0.6) is 0 Å². The van der Waals surface area contributed by atoms with E-state index in [0.29, 0.717) is 45.0 Å². The van der Waals surface area contributed by atoms with Gasteiger partial charge in [-0.15, -0.1) is 0 Å². The zero-order chi connectivity index (χ0) is 21.1. The van der Waals surface area contributed by atoms with E-state index < -0.39 is 22.6 Å². The maximum atomic E-state index is 13.1. The standard InChI is InChI=1S/C21H22N2O6S/c24-20(22-10-12-28-13-11-22)15-29-21(25)17-5-3-6-18(14-17)30(26,27)23-9-8-16-4-1-2-7-19(16)23/h1-7,14H,8-13,15H2. The lowest BCUT2D eigenvalue weighted by Crippen LogP contribution is -2.42. The normalized spacial score (nSPS) is 16.3. The molecule has 2 aliphatic rings. The van der Waals surface area contributed by atoms with Gasteiger partial charge >= 0.3 is 5.97 Å². The summed E-state index contributed by atoms with van der Waals surface area (Å²) in [6.45, 7) is 1.79. The molecule has 0 atom stereocenters. The van der Waals surface area contributed by atoms with Crippen LogP contribution in [0.3, 0.4) is 0 Å². The molecule has 2 aliphatic heterocycles. The first-order valence-electron chi connectivity index (χ1n) is 9.70. The molecule has 9 heteroatoms. The number of carbonyl (C=O) groups is 2. The Bertz CT molecular complexity index is 1060. The first-order chi connectivity index (χ1) is 14.5. The number of hydrogen-bond donors (Lipinski definition) is 0. The third-order valence-electron chi connectivity index (χ3n) is 5.19. The maximum absolute atomic E-state index is 13.1. The van der Waals surface area contributed by atoms with Crippen LogP contribution < -0.4 is 4.31 Å². The Hall–Kier alpha value is -2.91. The Morgan fingerprint density at radius 1 is 1.00 bits per heavy atom. The molecule has 0 unspecified atom stereocenters. The van der Waals surface area contributed by atoms with Crippen molar-refractivity contribution >= 4 is 27.6 Å². The van der Waals surface area contributed by atoms with E-state index in [-0.39, 0.29) is 16.4 Å². The lowest BCUT2D eigenvalue weighted by molar-refractivity contribution is -0.138. The topological polar surface area (TPSA) is 93.2 Å². The van der Waals surface area contributed by atoms with Crippen molar-refractivity contribution in [3.8, 4) is 0 Å². The molecule has 2 aromatic rings. The van der Waals surface area contributed by atoms with Gasteiger partial charge in [0.25, 0.3) is 15.9 Å². The number of fused-ring (bicyclic) bond motifs is 1. The second kappa shape index (κ2) is 8.45. The molecule has 2 heterocycles. The molecular weight excluding hydrogens is 408 g/mol. The van der Waals surface area contributed by atoms with Crippen molar-refractivity contribution in [2.75, 3.05) is 43.8 Å². The number of amides is 1. The molecule has 0 spiro atoms. The number of sulfonamides is 1. The summed E-state index contributed by atoms with van der Waals surface area (Å²) in [4.78, 5) is 26.1. The number of benzene rings is 2. The number of para-hydroxylation sites is 1. The van der Waals surface area contributed by atoms with Crippen LogP contribution in [0.4, 0.5) is 5.69 Å². The zero-order valence-corrected chi connectivity index (χ0v) is 17.1. The fourth-order valence-corrected chi connectivity index (χ4v) is 5.13. The summed E-state index contributed by atoms with van der Waals surface area (Å²) in [5.41, 5.74) is 1.71. The second-order valence-corrected chi connectivity index (χ2v) is 8.92. The molecule has 0 aromatic heterocycles. The van der Waals surface area contributed by atoms with Gasteiger partial charge < -0.3 is 14.4 Å². The van der Waals surface area contributed by atoms with Gasteiger partial charge in [-0.05, 0) is 36.2 Å². The van der Waals surface area contributed by atoms with Crippen LogP contribution in [0.2, 0.25) is 0 Å². The lowest BCUT2D eigenvalue weighted by atomic mass is 10.2. The molecule has 0 bridgehead atoms. The molecule has 0 aliphatic carbocycles. The largest absolute Gasteiger partial charge is 0.452 e. The molecule has 1 amide bonds. The number of nitrogens with zero attached hydrogens (tertiary/aromatic N) is 2. The first-order valence-corrected chi connectivity index (χ1v) is 11.1. The quantitative estimate of drug-likeness (QED) is 0.667. The van der Waals surface area contributed by atoms with E-state index in [2.05, 4.69) is 0 Å². The van der Waals surface area contributed by atoms with Gasteiger partial charge in [-0.1, -0.05) is 24.3 Å². The van der Waals surface area contributed by atoms with Gasteiger partial charge in [0.15, 0.2) is 6.61 Å². The van der Waals surface area contributed by atoms with Crippen LogP contribution in [0.1, 0.15) is 15.9 Å². The van der Waals surface area contributed by atoms with E-state index in [1.807, 2.05) is 12.1 Å². The number of rotatable bonds is 5. The maximum Gasteiger partial charge on any atom is 0.338 e. The molecule has 1 saturated heterocycles. The number of esters is 1. The van der Waals surface area contributed by atoms with Crippen LogP contribution in [-0.4, -0.2) is 64.6 Å². The molecule has 4 rings (SSSR count). The minimum atomic E-state index is -3.82. The molecule has 0 saturated carbocycles. The molecule has 158 valence electrons. The van der Waals surface area contributed by atoms with Gasteiger partial charge in [0.05, 0.1) is 29.4 Å². The SMILES string of the molecule is O=C(OCC(=O)N1CCOCC1)c1cccc(S(=O)(=O)N2CCc3ccccc32)c1.